The molecular weight excluding hydrogens is 346 g/mol. The van der Waals surface area contributed by atoms with Gasteiger partial charge in [0.1, 0.15) is 22.8 Å². The first-order valence-electron chi connectivity index (χ1n) is 7.44. The summed E-state index contributed by atoms with van der Waals surface area (Å²) in [6.45, 7) is 1.78. The van der Waals surface area contributed by atoms with Crippen molar-refractivity contribution >= 4 is 40.8 Å². The normalized spacial score (nSPS) is 27.1. The minimum Gasteiger partial charge on any atom is -0.477 e. The van der Waals surface area contributed by atoms with Gasteiger partial charge in [-0.25, -0.2) is 4.79 Å². The third kappa shape index (κ3) is 3.25. The van der Waals surface area contributed by atoms with Gasteiger partial charge in [0.25, 0.3) is 0 Å². The van der Waals surface area contributed by atoms with E-state index in [0.29, 0.717) is 10.7 Å². The molecule has 0 spiro atoms. The zero-order chi connectivity index (χ0) is 17.3. The monoisotopic (exact) mass is 363 g/mol. The maximum absolute atomic E-state index is 12.5. The molecule has 1 aromatic carbocycles. The molecule has 0 aliphatic carbocycles. The number of amides is 1. The fourth-order valence-electron chi connectivity index (χ4n) is 2.71. The molecule has 0 aromatic heterocycles. The number of nitrogens with one attached hydrogen (secondary N) is 3. The van der Waals surface area contributed by atoms with E-state index in [9.17, 15) is 14.7 Å². The number of thiocarbonyl (C=S) groups is 1. The Kier molecular flexibility index (Phi) is 4.77. The third-order valence-electron chi connectivity index (χ3n) is 3.97. The van der Waals surface area contributed by atoms with Crippen molar-refractivity contribution in [3.05, 3.63) is 47.2 Å². The highest BCUT2D eigenvalue weighted by Gasteiger charge is 2.38. The second kappa shape index (κ2) is 6.82. The van der Waals surface area contributed by atoms with Gasteiger partial charge in [0.2, 0.25) is 5.91 Å². The maximum atomic E-state index is 12.5. The van der Waals surface area contributed by atoms with Gasteiger partial charge in [-0.15, -0.1) is 11.8 Å². The van der Waals surface area contributed by atoms with Crippen LogP contribution in [0, 0.1) is 0 Å². The quantitative estimate of drug-likeness (QED) is 0.599. The fourth-order valence-corrected chi connectivity index (χ4v) is 4.28. The Labute approximate surface area is 149 Å². The van der Waals surface area contributed by atoms with Gasteiger partial charge < -0.3 is 21.1 Å². The van der Waals surface area contributed by atoms with Crippen LogP contribution in [0.3, 0.4) is 0 Å². The highest BCUT2D eigenvalue weighted by Crippen LogP contribution is 2.27. The summed E-state index contributed by atoms with van der Waals surface area (Å²) in [5.41, 5.74) is 1.79. The second-order valence-corrected chi connectivity index (χ2v) is 7.24. The summed E-state index contributed by atoms with van der Waals surface area (Å²) < 4.78 is 0. The van der Waals surface area contributed by atoms with Crippen molar-refractivity contribution in [3.63, 3.8) is 0 Å². The van der Waals surface area contributed by atoms with E-state index < -0.39 is 18.1 Å². The molecule has 0 radical (unpaired) electrons. The lowest BCUT2D eigenvalue weighted by Gasteiger charge is -2.38. The van der Waals surface area contributed by atoms with Crippen LogP contribution < -0.4 is 16.0 Å². The molecule has 1 aromatic rings. The predicted molar refractivity (Wildman–Crippen MR) is 96.6 cm³/mol. The van der Waals surface area contributed by atoms with Crippen LogP contribution in [0.15, 0.2) is 41.6 Å². The largest absolute Gasteiger partial charge is 0.477 e. The maximum Gasteiger partial charge on any atom is 0.351 e. The molecule has 2 aliphatic rings. The first-order chi connectivity index (χ1) is 11.5. The summed E-state index contributed by atoms with van der Waals surface area (Å²) in [4.78, 5) is 24.3. The number of hydrogen-bond donors (Lipinski definition) is 4. The summed E-state index contributed by atoms with van der Waals surface area (Å²) in [5.74, 6) is -0.595. The minimum absolute atomic E-state index is 0.176. The summed E-state index contributed by atoms with van der Waals surface area (Å²) in [7, 11) is 0. The molecule has 1 saturated heterocycles. The van der Waals surface area contributed by atoms with Gasteiger partial charge in [-0.3, -0.25) is 4.79 Å². The highest BCUT2D eigenvalue weighted by molar-refractivity contribution is 8.00. The number of carboxylic acid groups (broad SMARTS) is 1. The summed E-state index contributed by atoms with van der Waals surface area (Å²) in [5, 5.41) is 17.9. The SMILES string of the molecule is CC1=C(C(=O)O)N[C@@H](C2NC(=O)C(c3ccccc3)NC2=S)SC1. The molecule has 1 fully saturated rings. The van der Waals surface area contributed by atoms with E-state index in [1.807, 2.05) is 30.3 Å². The molecule has 2 aliphatic heterocycles. The van der Waals surface area contributed by atoms with Gasteiger partial charge in [-0.1, -0.05) is 42.5 Å². The van der Waals surface area contributed by atoms with Crippen LogP contribution in [0.1, 0.15) is 18.5 Å². The third-order valence-corrected chi connectivity index (χ3v) is 5.69. The molecule has 1 amide bonds. The lowest BCUT2D eigenvalue weighted by atomic mass is 10.0. The smallest absolute Gasteiger partial charge is 0.351 e. The molecular formula is C16H17N3O3S2. The van der Waals surface area contributed by atoms with Crippen molar-refractivity contribution < 1.29 is 14.7 Å². The number of hydrogen-bond acceptors (Lipinski definition) is 5. The van der Waals surface area contributed by atoms with E-state index in [2.05, 4.69) is 16.0 Å². The van der Waals surface area contributed by atoms with E-state index in [0.717, 1.165) is 11.1 Å². The van der Waals surface area contributed by atoms with Crippen molar-refractivity contribution in [1.29, 1.82) is 0 Å². The number of carbonyl (C=O) groups is 2. The molecule has 126 valence electrons. The second-order valence-electron chi connectivity index (χ2n) is 5.67. The molecule has 6 nitrogen and oxygen atoms in total. The number of rotatable bonds is 3. The van der Waals surface area contributed by atoms with Crippen LogP contribution in [0.4, 0.5) is 0 Å². The Bertz CT molecular complexity index is 721. The fraction of sp³-hybridized carbons (Fsp3) is 0.312. The van der Waals surface area contributed by atoms with E-state index in [1.54, 1.807) is 6.92 Å². The molecule has 4 N–H and O–H groups in total. The van der Waals surface area contributed by atoms with E-state index >= 15 is 0 Å². The zero-order valence-electron chi connectivity index (χ0n) is 12.9. The Hall–Kier alpha value is -2.06. The molecule has 0 bridgehead atoms. The Morgan fingerprint density at radius 2 is 1.96 bits per heavy atom. The van der Waals surface area contributed by atoms with Crippen molar-refractivity contribution in [3.8, 4) is 0 Å². The van der Waals surface area contributed by atoms with Crippen LogP contribution >= 0.6 is 24.0 Å². The van der Waals surface area contributed by atoms with E-state index in [4.69, 9.17) is 12.2 Å². The van der Waals surface area contributed by atoms with E-state index in [-0.39, 0.29) is 17.0 Å². The molecule has 24 heavy (non-hydrogen) atoms. The van der Waals surface area contributed by atoms with Gasteiger partial charge in [-0.05, 0) is 18.1 Å². The highest BCUT2D eigenvalue weighted by atomic mass is 32.2. The molecule has 8 heteroatoms. The molecule has 3 atom stereocenters. The summed E-state index contributed by atoms with van der Waals surface area (Å²) in [6.07, 6.45) is 0. The van der Waals surface area contributed by atoms with Gasteiger partial charge >= 0.3 is 5.97 Å². The molecule has 0 saturated carbocycles. The minimum atomic E-state index is -0.999. The Morgan fingerprint density at radius 1 is 1.25 bits per heavy atom. The number of piperazine rings is 1. The average molecular weight is 363 g/mol. The van der Waals surface area contributed by atoms with E-state index in [1.165, 1.54) is 11.8 Å². The van der Waals surface area contributed by atoms with Gasteiger partial charge in [0.05, 0.1) is 5.37 Å². The van der Waals surface area contributed by atoms with Gasteiger partial charge in [-0.2, -0.15) is 0 Å². The topological polar surface area (TPSA) is 90.5 Å². The predicted octanol–water partition coefficient (Wildman–Crippen LogP) is 1.16. The molecule has 2 unspecified atom stereocenters. The standard InChI is InChI=1S/C16H17N3O3S2/c1-8-7-24-15(19-10(8)16(21)22)12-14(23)18-11(13(20)17-12)9-5-3-2-4-6-9/h2-6,11-12,15,19H,7H2,1H3,(H,17,20)(H,18,23)(H,21,22)/t11?,12?,15-/m1/s1. The van der Waals surface area contributed by atoms with Crippen molar-refractivity contribution in [2.24, 2.45) is 0 Å². The summed E-state index contributed by atoms with van der Waals surface area (Å²) in [6, 6.07) is 8.36. The van der Waals surface area contributed by atoms with Crippen LogP contribution in [0.2, 0.25) is 0 Å². The number of carboxylic acids is 1. The number of carbonyl (C=O) groups excluding carboxylic acids is 1. The Balaban J connectivity index is 1.75. The average Bonchev–Trinajstić information content (AvgIpc) is 2.57. The van der Waals surface area contributed by atoms with Crippen LogP contribution in [-0.4, -0.2) is 39.1 Å². The number of aliphatic carboxylic acids is 1. The number of thioether (sulfide) groups is 1. The van der Waals surface area contributed by atoms with Crippen LogP contribution in [0.5, 0.6) is 0 Å². The molecule has 2 heterocycles. The van der Waals surface area contributed by atoms with Crippen molar-refractivity contribution in [2.45, 2.75) is 24.4 Å². The van der Waals surface area contributed by atoms with Gasteiger partial charge in [0, 0.05) is 5.75 Å². The first-order valence-corrected chi connectivity index (χ1v) is 8.90. The van der Waals surface area contributed by atoms with Gasteiger partial charge in [0.15, 0.2) is 0 Å². The zero-order valence-corrected chi connectivity index (χ0v) is 14.5. The van der Waals surface area contributed by atoms with Crippen molar-refractivity contribution in [2.75, 3.05) is 5.75 Å². The first kappa shape index (κ1) is 16.8. The summed E-state index contributed by atoms with van der Waals surface area (Å²) >= 11 is 6.96. The number of benzene rings is 1. The molecule has 3 rings (SSSR count). The lowest BCUT2D eigenvalue weighted by molar-refractivity contribution is -0.133. The Morgan fingerprint density at radius 3 is 2.62 bits per heavy atom. The van der Waals surface area contributed by atoms with Crippen LogP contribution in [0.25, 0.3) is 0 Å². The van der Waals surface area contributed by atoms with Crippen molar-refractivity contribution in [1.82, 2.24) is 16.0 Å². The van der Waals surface area contributed by atoms with Crippen LogP contribution in [-0.2, 0) is 9.59 Å². The lowest BCUT2D eigenvalue weighted by Crippen LogP contribution is -2.63.